The van der Waals surface area contributed by atoms with Crippen molar-refractivity contribution in [2.75, 3.05) is 19.7 Å². The van der Waals surface area contributed by atoms with Gasteiger partial charge in [0.2, 0.25) is 0 Å². The first-order valence-corrected chi connectivity index (χ1v) is 10.5. The molecule has 1 aliphatic heterocycles. The van der Waals surface area contributed by atoms with Crippen molar-refractivity contribution >= 4 is 22.8 Å². The van der Waals surface area contributed by atoms with Crippen LogP contribution < -0.4 is 0 Å². The maximum Gasteiger partial charge on any atom is 0.310 e. The standard InChI is InChI=1S/C23H28N2O3/c1-3-28-23(27)16-7-6-12-25(14-16)22(26)21-17-8-4-5-9-19(17)24-20-11-10-15(2)13-18(20)21/h10-11,13,16H,3-9,12,14H2,1-2H3/t16-/m0/s1. The number of pyridine rings is 1. The predicted octanol–water partition coefficient (Wildman–Crippen LogP) is 3.84. The van der Waals surface area contributed by atoms with E-state index in [9.17, 15) is 9.59 Å². The van der Waals surface area contributed by atoms with E-state index in [-0.39, 0.29) is 17.8 Å². The van der Waals surface area contributed by atoms with Crippen LogP contribution in [0.25, 0.3) is 10.9 Å². The van der Waals surface area contributed by atoms with Crippen molar-refractivity contribution in [3.63, 3.8) is 0 Å². The Kier molecular flexibility index (Phi) is 5.33. The number of benzene rings is 1. The number of aromatic nitrogens is 1. The van der Waals surface area contributed by atoms with E-state index in [2.05, 4.69) is 12.1 Å². The van der Waals surface area contributed by atoms with Gasteiger partial charge in [0.1, 0.15) is 0 Å². The molecule has 1 fully saturated rings. The summed E-state index contributed by atoms with van der Waals surface area (Å²) >= 11 is 0. The Morgan fingerprint density at radius 3 is 2.86 bits per heavy atom. The Morgan fingerprint density at radius 1 is 1.21 bits per heavy atom. The zero-order valence-electron chi connectivity index (χ0n) is 16.8. The number of carbonyl (C=O) groups is 2. The first-order chi connectivity index (χ1) is 13.6. The average molecular weight is 380 g/mol. The number of aryl methyl sites for hydroxylation is 2. The highest BCUT2D eigenvalue weighted by molar-refractivity contribution is 6.08. The lowest BCUT2D eigenvalue weighted by atomic mass is 9.88. The maximum absolute atomic E-state index is 13.7. The van der Waals surface area contributed by atoms with Gasteiger partial charge >= 0.3 is 5.97 Å². The first kappa shape index (κ1) is 18.9. The Morgan fingerprint density at radius 2 is 2.04 bits per heavy atom. The zero-order valence-corrected chi connectivity index (χ0v) is 16.8. The van der Waals surface area contributed by atoms with Gasteiger partial charge in [0.05, 0.1) is 23.6 Å². The molecule has 148 valence electrons. The molecule has 0 saturated carbocycles. The van der Waals surface area contributed by atoms with Crippen molar-refractivity contribution in [1.29, 1.82) is 0 Å². The lowest BCUT2D eigenvalue weighted by molar-refractivity contribution is -0.149. The number of nitrogens with zero attached hydrogens (tertiary/aromatic N) is 2. The van der Waals surface area contributed by atoms with Crippen LogP contribution in [0.1, 0.15) is 59.8 Å². The third-order valence-corrected chi connectivity index (χ3v) is 5.96. The molecule has 1 atom stereocenters. The second-order valence-corrected chi connectivity index (χ2v) is 7.98. The molecule has 0 N–H and O–H groups in total. The van der Waals surface area contributed by atoms with E-state index in [1.807, 2.05) is 24.8 Å². The quantitative estimate of drug-likeness (QED) is 0.759. The minimum absolute atomic E-state index is 0.0464. The lowest BCUT2D eigenvalue weighted by Gasteiger charge is -2.33. The van der Waals surface area contributed by atoms with Gasteiger partial charge in [0.15, 0.2) is 0 Å². The van der Waals surface area contributed by atoms with E-state index in [4.69, 9.17) is 9.72 Å². The SMILES string of the molecule is CCOC(=O)[C@H]1CCCN(C(=O)c2c3c(nc4ccc(C)cc24)CCCC3)C1. The number of likely N-dealkylation sites (tertiary alicyclic amines) is 1. The molecule has 5 heteroatoms. The van der Waals surface area contributed by atoms with Crippen molar-refractivity contribution in [2.24, 2.45) is 5.92 Å². The van der Waals surface area contributed by atoms with Gasteiger partial charge in [-0.05, 0) is 70.1 Å². The van der Waals surface area contributed by atoms with Crippen molar-refractivity contribution in [3.8, 4) is 0 Å². The third-order valence-electron chi connectivity index (χ3n) is 5.96. The maximum atomic E-state index is 13.7. The summed E-state index contributed by atoms with van der Waals surface area (Å²) in [5.74, 6) is -0.356. The van der Waals surface area contributed by atoms with E-state index < -0.39 is 0 Å². The molecule has 1 aliphatic carbocycles. The van der Waals surface area contributed by atoms with Crippen molar-refractivity contribution in [2.45, 2.75) is 52.4 Å². The number of piperidine rings is 1. The van der Waals surface area contributed by atoms with Crippen LogP contribution in [0.15, 0.2) is 18.2 Å². The van der Waals surface area contributed by atoms with Crippen molar-refractivity contribution in [1.82, 2.24) is 9.88 Å². The fraction of sp³-hybridized carbons (Fsp3) is 0.522. The summed E-state index contributed by atoms with van der Waals surface area (Å²) in [6.45, 7) is 5.39. The molecule has 4 rings (SSSR count). The molecule has 5 nitrogen and oxygen atoms in total. The summed E-state index contributed by atoms with van der Waals surface area (Å²) in [4.78, 5) is 32.6. The van der Waals surface area contributed by atoms with Crippen LogP contribution in [0, 0.1) is 12.8 Å². The van der Waals surface area contributed by atoms with Gasteiger partial charge in [-0.25, -0.2) is 0 Å². The summed E-state index contributed by atoms with van der Waals surface area (Å²) in [7, 11) is 0. The van der Waals surface area contributed by atoms with Crippen LogP contribution in [-0.4, -0.2) is 41.5 Å². The van der Waals surface area contributed by atoms with Gasteiger partial charge in [0.25, 0.3) is 5.91 Å². The Bertz CT molecular complexity index is 922. The second kappa shape index (κ2) is 7.90. The molecular weight excluding hydrogens is 352 g/mol. The van der Waals surface area contributed by atoms with Crippen LogP contribution in [-0.2, 0) is 22.4 Å². The van der Waals surface area contributed by atoms with Gasteiger partial charge in [0, 0.05) is 24.2 Å². The summed E-state index contributed by atoms with van der Waals surface area (Å²) in [5, 5.41) is 0.948. The van der Waals surface area contributed by atoms with E-state index in [0.717, 1.165) is 71.8 Å². The molecule has 2 aliphatic rings. The number of hydrogen-bond donors (Lipinski definition) is 0. The van der Waals surface area contributed by atoms with Crippen molar-refractivity contribution in [3.05, 3.63) is 40.6 Å². The minimum atomic E-state index is -0.219. The number of ether oxygens (including phenoxy) is 1. The Hall–Kier alpha value is -2.43. The summed E-state index contributed by atoms with van der Waals surface area (Å²) in [5.41, 5.74) is 5.03. The molecule has 2 aromatic rings. The van der Waals surface area contributed by atoms with Crippen LogP contribution in [0.5, 0.6) is 0 Å². The lowest BCUT2D eigenvalue weighted by Crippen LogP contribution is -2.43. The predicted molar refractivity (Wildman–Crippen MR) is 108 cm³/mol. The van der Waals surface area contributed by atoms with Gasteiger partial charge in [-0.15, -0.1) is 0 Å². The number of amides is 1. The fourth-order valence-corrected chi connectivity index (χ4v) is 4.55. The fourth-order valence-electron chi connectivity index (χ4n) is 4.55. The van der Waals surface area contributed by atoms with E-state index in [0.29, 0.717) is 19.7 Å². The largest absolute Gasteiger partial charge is 0.466 e. The van der Waals surface area contributed by atoms with Crippen LogP contribution in [0.2, 0.25) is 0 Å². The Labute approximate surface area is 166 Å². The summed E-state index contributed by atoms with van der Waals surface area (Å²) in [6.07, 6.45) is 5.68. The number of rotatable bonds is 3. The van der Waals surface area contributed by atoms with Crippen LogP contribution in [0.4, 0.5) is 0 Å². The summed E-state index contributed by atoms with van der Waals surface area (Å²) in [6, 6.07) is 6.15. The number of carbonyl (C=O) groups excluding carboxylic acids is 2. The molecule has 1 aromatic carbocycles. The molecule has 28 heavy (non-hydrogen) atoms. The Balaban J connectivity index is 1.74. The molecular formula is C23H28N2O3. The monoisotopic (exact) mass is 380 g/mol. The van der Waals surface area contributed by atoms with Crippen LogP contribution in [0.3, 0.4) is 0 Å². The second-order valence-electron chi connectivity index (χ2n) is 7.98. The topological polar surface area (TPSA) is 59.5 Å². The average Bonchev–Trinajstić information content (AvgIpc) is 2.72. The van der Waals surface area contributed by atoms with Gasteiger partial charge in [-0.2, -0.15) is 0 Å². The minimum Gasteiger partial charge on any atom is -0.466 e. The van der Waals surface area contributed by atoms with E-state index in [1.54, 1.807) is 0 Å². The number of hydrogen-bond acceptors (Lipinski definition) is 4. The summed E-state index contributed by atoms with van der Waals surface area (Å²) < 4.78 is 5.20. The highest BCUT2D eigenvalue weighted by Crippen LogP contribution is 2.32. The number of esters is 1. The van der Waals surface area contributed by atoms with E-state index in [1.165, 1.54) is 0 Å². The zero-order chi connectivity index (χ0) is 19.7. The van der Waals surface area contributed by atoms with Gasteiger partial charge in [-0.1, -0.05) is 11.6 Å². The number of fused-ring (bicyclic) bond motifs is 2. The van der Waals surface area contributed by atoms with E-state index >= 15 is 0 Å². The molecule has 2 heterocycles. The molecule has 1 aromatic heterocycles. The van der Waals surface area contributed by atoms with Gasteiger partial charge < -0.3 is 9.64 Å². The molecule has 0 unspecified atom stereocenters. The third kappa shape index (κ3) is 3.50. The highest BCUT2D eigenvalue weighted by Gasteiger charge is 2.32. The van der Waals surface area contributed by atoms with Crippen molar-refractivity contribution < 1.29 is 14.3 Å². The molecule has 0 spiro atoms. The normalized spacial score (nSPS) is 19.4. The van der Waals surface area contributed by atoms with Crippen LogP contribution >= 0.6 is 0 Å². The molecule has 0 bridgehead atoms. The smallest absolute Gasteiger partial charge is 0.310 e. The molecule has 1 saturated heterocycles. The first-order valence-electron chi connectivity index (χ1n) is 10.5. The highest BCUT2D eigenvalue weighted by atomic mass is 16.5. The molecule has 1 amide bonds. The van der Waals surface area contributed by atoms with Gasteiger partial charge in [-0.3, -0.25) is 14.6 Å². The molecule has 0 radical (unpaired) electrons.